The lowest BCUT2D eigenvalue weighted by atomic mass is 9.95. The van der Waals surface area contributed by atoms with E-state index in [1.165, 1.54) is 60.8 Å². The first-order valence-electron chi connectivity index (χ1n) is 11.4. The summed E-state index contributed by atoms with van der Waals surface area (Å²) in [6.07, 6.45) is 2.03. The number of rotatable bonds is 2. The molecule has 152 valence electrons. The number of aryl methyl sites for hydroxylation is 1. The van der Waals surface area contributed by atoms with Crippen LogP contribution in [0.4, 0.5) is 11.4 Å². The molecular weight excluding hydrogens is 386 g/mol. The molecule has 0 bridgehead atoms. The zero-order valence-electron chi connectivity index (χ0n) is 18.1. The van der Waals surface area contributed by atoms with Crippen molar-refractivity contribution in [2.24, 2.45) is 0 Å². The molecule has 5 aromatic carbocycles. The number of anilines is 2. The van der Waals surface area contributed by atoms with Crippen LogP contribution in [0.25, 0.3) is 33.0 Å². The van der Waals surface area contributed by atoms with E-state index >= 15 is 0 Å². The van der Waals surface area contributed by atoms with Gasteiger partial charge in [-0.15, -0.1) is 0 Å². The number of hydrogen-bond donors (Lipinski definition) is 1. The van der Waals surface area contributed by atoms with Crippen LogP contribution < -0.4 is 5.32 Å². The second-order valence-corrected chi connectivity index (χ2v) is 9.20. The third-order valence-corrected chi connectivity index (χ3v) is 7.11. The molecule has 0 saturated carbocycles. The Morgan fingerprint density at radius 1 is 0.562 bits per heavy atom. The molecule has 5 aromatic rings. The molecule has 0 fully saturated rings. The number of hydrogen-bond acceptors (Lipinski definition) is 1. The maximum atomic E-state index is 3.57. The highest BCUT2D eigenvalue weighted by atomic mass is 14.9. The third kappa shape index (κ3) is 2.64. The van der Waals surface area contributed by atoms with E-state index in [-0.39, 0.29) is 0 Å². The molecule has 0 aliphatic heterocycles. The summed E-state index contributed by atoms with van der Waals surface area (Å²) in [7, 11) is 0. The summed E-state index contributed by atoms with van der Waals surface area (Å²) in [4.78, 5) is 0. The maximum Gasteiger partial charge on any atom is 0.0387 e. The van der Waals surface area contributed by atoms with Crippen LogP contribution in [0.2, 0.25) is 0 Å². The highest BCUT2D eigenvalue weighted by Gasteiger charge is 2.26. The van der Waals surface area contributed by atoms with Gasteiger partial charge in [0.1, 0.15) is 0 Å². The number of nitrogens with one attached hydrogen (secondary N) is 1. The van der Waals surface area contributed by atoms with Crippen LogP contribution in [0, 0.1) is 6.92 Å². The Balaban J connectivity index is 1.28. The van der Waals surface area contributed by atoms with Crippen molar-refractivity contribution in [2.45, 2.75) is 19.8 Å². The monoisotopic (exact) mass is 409 g/mol. The van der Waals surface area contributed by atoms with Gasteiger partial charge in [0.05, 0.1) is 0 Å². The fraction of sp³-hybridized carbons (Fsp3) is 0.0968. The molecule has 1 N–H and O–H groups in total. The first kappa shape index (κ1) is 17.8. The summed E-state index contributed by atoms with van der Waals surface area (Å²) in [5.41, 5.74) is 15.0. The lowest BCUT2D eigenvalue weighted by Gasteiger charge is -2.10. The van der Waals surface area contributed by atoms with Gasteiger partial charge in [-0.1, -0.05) is 60.2 Å². The topological polar surface area (TPSA) is 12.0 Å². The van der Waals surface area contributed by atoms with Crippen LogP contribution in [0.3, 0.4) is 0 Å². The number of benzene rings is 5. The van der Waals surface area contributed by atoms with Gasteiger partial charge >= 0.3 is 0 Å². The largest absolute Gasteiger partial charge is 0.356 e. The van der Waals surface area contributed by atoms with Crippen LogP contribution in [0.1, 0.15) is 27.8 Å². The van der Waals surface area contributed by atoms with E-state index in [0.717, 1.165) is 24.2 Å². The van der Waals surface area contributed by atoms with E-state index < -0.39 is 0 Å². The molecule has 0 radical (unpaired) electrons. The fourth-order valence-corrected chi connectivity index (χ4v) is 5.54. The molecule has 0 atom stereocenters. The van der Waals surface area contributed by atoms with Crippen LogP contribution in [-0.2, 0) is 12.8 Å². The lowest BCUT2D eigenvalue weighted by molar-refractivity contribution is 1.24. The SMILES string of the molecule is Cc1ccc(Nc2ccc3c(c2)Cc2cc4c(cc2-3)Cc2ccc3ccccc3c2-4)cc1. The Morgan fingerprint density at radius 3 is 2.19 bits per heavy atom. The average molecular weight is 410 g/mol. The highest BCUT2D eigenvalue weighted by molar-refractivity contribution is 6.02. The second-order valence-electron chi connectivity index (χ2n) is 9.20. The van der Waals surface area contributed by atoms with Crippen molar-refractivity contribution < 1.29 is 0 Å². The minimum Gasteiger partial charge on any atom is -0.356 e. The first-order valence-corrected chi connectivity index (χ1v) is 11.4. The summed E-state index contributed by atoms with van der Waals surface area (Å²) in [6, 6.07) is 33.7. The highest BCUT2D eigenvalue weighted by Crippen LogP contribution is 2.47. The van der Waals surface area contributed by atoms with Crippen LogP contribution in [0.5, 0.6) is 0 Å². The molecule has 0 saturated heterocycles. The van der Waals surface area contributed by atoms with E-state index in [1.54, 1.807) is 0 Å². The Hall–Kier alpha value is -3.84. The third-order valence-electron chi connectivity index (χ3n) is 7.11. The standard InChI is InChI=1S/C31H23N/c1-19-6-10-25(11-7-19)32-26-12-13-27-22(16-26)15-23-18-30-24(17-29(23)27)14-21-9-8-20-4-2-3-5-28(20)31(21)30/h2-13,16-18,32H,14-15H2,1H3. The summed E-state index contributed by atoms with van der Waals surface area (Å²) < 4.78 is 0. The summed E-state index contributed by atoms with van der Waals surface area (Å²) in [5.74, 6) is 0. The lowest BCUT2D eigenvalue weighted by Crippen LogP contribution is -1.91. The predicted molar refractivity (Wildman–Crippen MR) is 135 cm³/mol. The van der Waals surface area contributed by atoms with Gasteiger partial charge in [-0.3, -0.25) is 0 Å². The molecule has 0 amide bonds. The molecule has 0 heterocycles. The van der Waals surface area contributed by atoms with E-state index in [2.05, 4.69) is 103 Å². The van der Waals surface area contributed by atoms with Crippen molar-refractivity contribution in [3.8, 4) is 22.3 Å². The van der Waals surface area contributed by atoms with E-state index in [1.807, 2.05) is 0 Å². The molecule has 1 heteroatoms. The quantitative estimate of drug-likeness (QED) is 0.305. The molecule has 32 heavy (non-hydrogen) atoms. The van der Waals surface area contributed by atoms with Gasteiger partial charge < -0.3 is 5.32 Å². The second kappa shape index (κ2) is 6.58. The van der Waals surface area contributed by atoms with Gasteiger partial charge in [0, 0.05) is 11.4 Å². The molecule has 2 aliphatic rings. The van der Waals surface area contributed by atoms with Crippen LogP contribution >= 0.6 is 0 Å². The van der Waals surface area contributed by atoms with Gasteiger partial charge in [0.2, 0.25) is 0 Å². The van der Waals surface area contributed by atoms with Gasteiger partial charge in [-0.05, 0) is 111 Å². The molecule has 7 rings (SSSR count). The minimum atomic E-state index is 1.00. The zero-order chi connectivity index (χ0) is 21.2. The van der Waals surface area contributed by atoms with Crippen molar-refractivity contribution >= 4 is 22.1 Å². The average Bonchev–Trinajstić information content (AvgIpc) is 3.36. The minimum absolute atomic E-state index is 1.00. The van der Waals surface area contributed by atoms with Gasteiger partial charge in [-0.2, -0.15) is 0 Å². The first-order chi connectivity index (χ1) is 15.7. The Morgan fingerprint density at radius 2 is 1.28 bits per heavy atom. The van der Waals surface area contributed by atoms with Crippen molar-refractivity contribution in [1.29, 1.82) is 0 Å². The predicted octanol–water partition coefficient (Wildman–Crippen LogP) is 8.03. The fourth-order valence-electron chi connectivity index (χ4n) is 5.54. The molecule has 0 aromatic heterocycles. The summed E-state index contributed by atoms with van der Waals surface area (Å²) >= 11 is 0. The summed E-state index contributed by atoms with van der Waals surface area (Å²) in [6.45, 7) is 2.12. The van der Waals surface area contributed by atoms with Gasteiger partial charge in [0.15, 0.2) is 0 Å². The van der Waals surface area contributed by atoms with Gasteiger partial charge in [-0.25, -0.2) is 0 Å². The van der Waals surface area contributed by atoms with E-state index in [4.69, 9.17) is 0 Å². The molecule has 0 spiro atoms. The molecule has 1 nitrogen and oxygen atoms in total. The molecular formula is C31H23N. The maximum absolute atomic E-state index is 3.57. The van der Waals surface area contributed by atoms with Crippen molar-refractivity contribution in [3.05, 3.63) is 119 Å². The Bertz CT molecular complexity index is 1540. The molecule has 0 unspecified atom stereocenters. The summed E-state index contributed by atoms with van der Waals surface area (Å²) in [5, 5.41) is 6.27. The van der Waals surface area contributed by atoms with Gasteiger partial charge in [0.25, 0.3) is 0 Å². The molecule has 2 aliphatic carbocycles. The Kier molecular flexibility index (Phi) is 3.66. The van der Waals surface area contributed by atoms with E-state index in [0.29, 0.717) is 0 Å². The zero-order valence-corrected chi connectivity index (χ0v) is 18.1. The van der Waals surface area contributed by atoms with Crippen LogP contribution in [-0.4, -0.2) is 0 Å². The van der Waals surface area contributed by atoms with Crippen molar-refractivity contribution in [3.63, 3.8) is 0 Å². The normalized spacial score (nSPS) is 12.9. The smallest absolute Gasteiger partial charge is 0.0387 e. The van der Waals surface area contributed by atoms with Crippen molar-refractivity contribution in [2.75, 3.05) is 5.32 Å². The number of fused-ring (bicyclic) bond motifs is 8. The van der Waals surface area contributed by atoms with E-state index in [9.17, 15) is 0 Å². The Labute approximate surface area is 188 Å². The van der Waals surface area contributed by atoms with Crippen molar-refractivity contribution in [1.82, 2.24) is 0 Å². The van der Waals surface area contributed by atoms with Crippen LogP contribution in [0.15, 0.2) is 91.0 Å².